The van der Waals surface area contributed by atoms with E-state index >= 15 is 0 Å². The number of hydrogen-bond donors (Lipinski definition) is 4. The fourth-order valence-corrected chi connectivity index (χ4v) is 3.44. The van der Waals surface area contributed by atoms with Crippen LogP contribution in [0.1, 0.15) is 56.8 Å². The lowest BCUT2D eigenvalue weighted by molar-refractivity contribution is 0.513. The van der Waals surface area contributed by atoms with Crippen LogP contribution in [0.15, 0.2) is 46.3 Å². The van der Waals surface area contributed by atoms with E-state index in [1.807, 2.05) is 18.3 Å². The van der Waals surface area contributed by atoms with Crippen LogP contribution in [0.25, 0.3) is 16.7 Å². The van der Waals surface area contributed by atoms with Crippen molar-refractivity contribution in [2.24, 2.45) is 16.5 Å². The van der Waals surface area contributed by atoms with Crippen LogP contribution in [0.5, 0.6) is 0 Å². The predicted octanol–water partition coefficient (Wildman–Crippen LogP) is 2.54. The summed E-state index contributed by atoms with van der Waals surface area (Å²) in [5, 5.41) is 4.46. The van der Waals surface area contributed by atoms with Crippen molar-refractivity contribution in [2.75, 3.05) is 13.1 Å². The van der Waals surface area contributed by atoms with E-state index in [-0.39, 0.29) is 17.7 Å². The van der Waals surface area contributed by atoms with E-state index in [1.165, 1.54) is 5.56 Å². The third-order valence-electron chi connectivity index (χ3n) is 5.15. The maximum atomic E-state index is 12.5. The van der Waals surface area contributed by atoms with Crippen molar-refractivity contribution in [2.45, 2.75) is 45.6 Å². The Kier molecular flexibility index (Phi) is 6.89. The summed E-state index contributed by atoms with van der Waals surface area (Å²) < 4.78 is 1.59. The SMILES string of the molecule is CC[C@H](NCCCN=C(N)N)c1ccc(-n2cc3cc(C(C)C)[nH]c3nc2=O)cc1. The van der Waals surface area contributed by atoms with Crippen molar-refractivity contribution in [1.82, 2.24) is 19.9 Å². The third kappa shape index (κ3) is 5.07. The zero-order chi connectivity index (χ0) is 21.7. The molecule has 0 unspecified atom stereocenters. The molecule has 0 spiro atoms. The number of hydrogen-bond acceptors (Lipinski definition) is 4. The summed E-state index contributed by atoms with van der Waals surface area (Å²) in [6, 6.07) is 10.3. The largest absolute Gasteiger partial charge is 0.370 e. The highest BCUT2D eigenvalue weighted by Crippen LogP contribution is 2.21. The molecule has 8 nitrogen and oxygen atoms in total. The number of nitrogens with two attached hydrogens (primary N) is 2. The molecule has 8 heteroatoms. The zero-order valence-electron chi connectivity index (χ0n) is 17.9. The lowest BCUT2D eigenvalue weighted by atomic mass is 10.0. The van der Waals surface area contributed by atoms with Gasteiger partial charge in [0.25, 0.3) is 0 Å². The van der Waals surface area contributed by atoms with Crippen molar-refractivity contribution >= 4 is 17.0 Å². The molecule has 6 N–H and O–H groups in total. The Morgan fingerprint density at radius 1 is 1.27 bits per heavy atom. The molecule has 0 aliphatic rings. The van der Waals surface area contributed by atoms with Crippen molar-refractivity contribution in [3.05, 3.63) is 58.3 Å². The first-order chi connectivity index (χ1) is 14.4. The van der Waals surface area contributed by atoms with E-state index in [0.29, 0.717) is 18.1 Å². The molecule has 30 heavy (non-hydrogen) atoms. The fourth-order valence-electron chi connectivity index (χ4n) is 3.44. The highest BCUT2D eigenvalue weighted by Gasteiger charge is 2.11. The van der Waals surface area contributed by atoms with Crippen LogP contribution in [-0.2, 0) is 0 Å². The molecular formula is C22H31N7O. The molecular weight excluding hydrogens is 378 g/mol. The predicted molar refractivity (Wildman–Crippen MR) is 122 cm³/mol. The molecule has 0 aliphatic heterocycles. The molecule has 0 fully saturated rings. The van der Waals surface area contributed by atoms with Gasteiger partial charge >= 0.3 is 5.69 Å². The lowest BCUT2D eigenvalue weighted by Gasteiger charge is -2.18. The van der Waals surface area contributed by atoms with Crippen LogP contribution in [0, 0.1) is 0 Å². The normalized spacial score (nSPS) is 12.4. The summed E-state index contributed by atoms with van der Waals surface area (Å²) in [4.78, 5) is 24.0. The number of nitrogens with zero attached hydrogens (tertiary/aromatic N) is 3. The van der Waals surface area contributed by atoms with E-state index in [2.05, 4.69) is 59.2 Å². The molecule has 3 rings (SSSR count). The first-order valence-electron chi connectivity index (χ1n) is 10.4. The minimum atomic E-state index is -0.294. The number of H-pyrrole nitrogens is 1. The summed E-state index contributed by atoms with van der Waals surface area (Å²) in [7, 11) is 0. The maximum Gasteiger partial charge on any atom is 0.354 e. The van der Waals surface area contributed by atoms with Crippen molar-refractivity contribution in [3.63, 3.8) is 0 Å². The van der Waals surface area contributed by atoms with Gasteiger partial charge < -0.3 is 21.8 Å². The summed E-state index contributed by atoms with van der Waals surface area (Å²) in [6.45, 7) is 7.79. The summed E-state index contributed by atoms with van der Waals surface area (Å²) in [5.41, 5.74) is 14.1. The van der Waals surface area contributed by atoms with Gasteiger partial charge in [-0.15, -0.1) is 0 Å². The van der Waals surface area contributed by atoms with Crippen LogP contribution < -0.4 is 22.5 Å². The molecule has 160 valence electrons. The monoisotopic (exact) mass is 409 g/mol. The van der Waals surface area contributed by atoms with Gasteiger partial charge in [-0.2, -0.15) is 4.98 Å². The van der Waals surface area contributed by atoms with Gasteiger partial charge in [-0.3, -0.25) is 9.56 Å². The van der Waals surface area contributed by atoms with E-state index in [1.54, 1.807) is 4.57 Å². The molecule has 0 aliphatic carbocycles. The van der Waals surface area contributed by atoms with E-state index < -0.39 is 0 Å². The van der Waals surface area contributed by atoms with Gasteiger partial charge in [-0.05, 0) is 49.1 Å². The lowest BCUT2D eigenvalue weighted by Crippen LogP contribution is -2.25. The topological polar surface area (TPSA) is 127 Å². The third-order valence-corrected chi connectivity index (χ3v) is 5.15. The number of aromatic nitrogens is 3. The molecule has 0 bridgehead atoms. The van der Waals surface area contributed by atoms with Crippen LogP contribution in [0.3, 0.4) is 0 Å². The minimum absolute atomic E-state index is 0.126. The van der Waals surface area contributed by atoms with Crippen molar-refractivity contribution < 1.29 is 0 Å². The molecule has 2 aromatic heterocycles. The van der Waals surface area contributed by atoms with Gasteiger partial charge in [0, 0.05) is 29.9 Å². The highest BCUT2D eigenvalue weighted by molar-refractivity contribution is 5.76. The molecule has 2 heterocycles. The number of rotatable bonds is 9. The van der Waals surface area contributed by atoms with E-state index in [9.17, 15) is 4.79 Å². The Bertz CT molecular complexity index is 1060. The van der Waals surface area contributed by atoms with Gasteiger partial charge in [0.1, 0.15) is 5.65 Å². The average Bonchev–Trinajstić information content (AvgIpc) is 3.13. The van der Waals surface area contributed by atoms with Crippen LogP contribution in [0.2, 0.25) is 0 Å². The molecule has 0 radical (unpaired) electrons. The average molecular weight is 410 g/mol. The Morgan fingerprint density at radius 2 is 2.00 bits per heavy atom. The minimum Gasteiger partial charge on any atom is -0.370 e. The smallest absolute Gasteiger partial charge is 0.354 e. The van der Waals surface area contributed by atoms with Crippen LogP contribution >= 0.6 is 0 Å². The van der Waals surface area contributed by atoms with Crippen LogP contribution in [0.4, 0.5) is 0 Å². The maximum absolute atomic E-state index is 12.5. The number of aliphatic imine (C=N–C) groups is 1. The number of nitrogens with one attached hydrogen (secondary N) is 2. The molecule has 1 aromatic carbocycles. The summed E-state index contributed by atoms with van der Waals surface area (Å²) in [5.74, 6) is 0.473. The van der Waals surface area contributed by atoms with Gasteiger partial charge in [-0.1, -0.05) is 32.9 Å². The molecule has 3 aromatic rings. The molecule has 0 saturated carbocycles. The van der Waals surface area contributed by atoms with Gasteiger partial charge in [-0.25, -0.2) is 4.79 Å². The van der Waals surface area contributed by atoms with Gasteiger partial charge in [0.2, 0.25) is 0 Å². The second-order valence-electron chi connectivity index (χ2n) is 7.74. The van der Waals surface area contributed by atoms with Gasteiger partial charge in [0.15, 0.2) is 5.96 Å². The fraction of sp³-hybridized carbons (Fsp3) is 0.409. The highest BCUT2D eigenvalue weighted by atomic mass is 16.1. The molecule has 1 atom stereocenters. The Labute approximate surface area is 176 Å². The number of fused-ring (bicyclic) bond motifs is 1. The number of guanidine groups is 1. The summed E-state index contributed by atoms with van der Waals surface area (Å²) >= 11 is 0. The van der Waals surface area contributed by atoms with E-state index in [4.69, 9.17) is 11.5 Å². The summed E-state index contributed by atoms with van der Waals surface area (Å²) in [6.07, 6.45) is 3.67. The Balaban J connectivity index is 1.75. The van der Waals surface area contributed by atoms with Crippen molar-refractivity contribution in [3.8, 4) is 5.69 Å². The molecule has 0 saturated heterocycles. The second-order valence-corrected chi connectivity index (χ2v) is 7.74. The van der Waals surface area contributed by atoms with Crippen molar-refractivity contribution in [1.29, 1.82) is 0 Å². The Morgan fingerprint density at radius 3 is 2.63 bits per heavy atom. The zero-order valence-corrected chi connectivity index (χ0v) is 17.9. The van der Waals surface area contributed by atoms with Crippen LogP contribution in [-0.4, -0.2) is 33.6 Å². The number of benzene rings is 1. The van der Waals surface area contributed by atoms with E-state index in [0.717, 1.165) is 36.2 Å². The van der Waals surface area contributed by atoms with Gasteiger partial charge in [0.05, 0.1) is 5.69 Å². The molecule has 0 amide bonds. The quantitative estimate of drug-likeness (QED) is 0.245. The first-order valence-corrected chi connectivity index (χ1v) is 10.4. The second kappa shape index (κ2) is 9.58. The standard InChI is InChI=1S/C22H31N7O/c1-4-18(25-10-5-11-26-21(23)24)15-6-8-17(9-7-15)29-13-16-12-19(14(2)3)27-20(16)28-22(29)30/h6-9,12-14,18,25H,4-5,10-11H2,1-3H3,(H4,23,24,26)(H,27,28,30)/t18-/m0/s1. The Hall–Kier alpha value is -3.13. The number of aromatic amines is 1. The first kappa shape index (κ1) is 21.6.